The molecule has 0 aromatic heterocycles. The van der Waals surface area contributed by atoms with Gasteiger partial charge in [0.15, 0.2) is 0 Å². The van der Waals surface area contributed by atoms with E-state index in [-0.39, 0.29) is 5.75 Å². The van der Waals surface area contributed by atoms with Crippen LogP contribution in [0.3, 0.4) is 0 Å². The molecule has 0 radical (unpaired) electrons. The van der Waals surface area contributed by atoms with Gasteiger partial charge in [-0.15, -0.1) is 11.8 Å². The van der Waals surface area contributed by atoms with E-state index in [1.165, 1.54) is 6.07 Å². The van der Waals surface area contributed by atoms with E-state index in [0.717, 1.165) is 15.6 Å². The number of hydrogen-bond donors (Lipinski definition) is 1. The minimum atomic E-state index is -4.98. The number of hydrogen-bond acceptors (Lipinski definition) is 3. The summed E-state index contributed by atoms with van der Waals surface area (Å²) in [6.07, 6.45) is -3.45. The fourth-order valence-electron chi connectivity index (χ4n) is 1.78. The zero-order valence-corrected chi connectivity index (χ0v) is 18.0. The quantitative estimate of drug-likeness (QED) is 0.274. The van der Waals surface area contributed by atoms with Gasteiger partial charge < -0.3 is 9.42 Å². The third kappa shape index (κ3) is 6.71. The Bertz CT molecular complexity index is 867. The molecule has 1 N–H and O–H groups in total. The molecule has 2 aromatic carbocycles. The van der Waals surface area contributed by atoms with Crippen LogP contribution in [0.4, 0.5) is 8.78 Å². The third-order valence-corrected chi connectivity index (χ3v) is 5.98. The van der Waals surface area contributed by atoms with Gasteiger partial charge in [-0.25, -0.2) is 4.57 Å². The van der Waals surface area contributed by atoms with Crippen LogP contribution < -0.4 is 4.52 Å². The average molecular weight is 526 g/mol. The first-order valence-corrected chi connectivity index (χ1v) is 11.6. The fraction of sp³-hybridized carbons (Fsp3) is 0.176. The van der Waals surface area contributed by atoms with Gasteiger partial charge in [-0.05, 0) is 57.9 Å². The Balaban J connectivity index is 1.88. The lowest BCUT2D eigenvalue weighted by Gasteiger charge is -2.14. The maximum atomic E-state index is 12.4. The van der Waals surface area contributed by atoms with Crippen LogP contribution in [0.5, 0.6) is 5.75 Å². The molecule has 0 saturated carbocycles. The van der Waals surface area contributed by atoms with Crippen LogP contribution in [0.1, 0.15) is 11.1 Å². The number of halogens is 4. The molecule has 2 aromatic rings. The number of thioether (sulfide) groups is 1. The molecule has 0 aliphatic heterocycles. The first-order valence-electron chi connectivity index (χ1n) is 7.19. The molecule has 138 valence electrons. The van der Waals surface area contributed by atoms with E-state index < -0.39 is 13.8 Å². The van der Waals surface area contributed by atoms with Gasteiger partial charge in [0.1, 0.15) is 5.75 Å². The summed E-state index contributed by atoms with van der Waals surface area (Å²) in [6.45, 7) is 0. The van der Waals surface area contributed by atoms with Crippen molar-refractivity contribution >= 4 is 51.2 Å². The second kappa shape index (κ2) is 9.91. The van der Waals surface area contributed by atoms with Crippen molar-refractivity contribution in [2.24, 2.45) is 0 Å². The summed E-state index contributed by atoms with van der Waals surface area (Å²) in [4.78, 5) is 9.09. The van der Waals surface area contributed by atoms with Gasteiger partial charge >= 0.3 is 13.8 Å². The molecule has 0 saturated heterocycles. The zero-order chi connectivity index (χ0) is 19.2. The standard InChI is InChI=1S/C17H13Br2F2O3PS/c18-14-6-3-12(4-7-14)2-1-9-26-11-13-5-8-16(15(19)10-13)24-25(22,23)17(20)21/h3-8,10,17H,9,11H2,(H,22,23). The Hall–Kier alpha value is -0.840. The Morgan fingerprint density at radius 1 is 1.19 bits per heavy atom. The molecule has 0 aliphatic rings. The number of alkyl halides is 2. The minimum Gasteiger partial charge on any atom is -0.420 e. The van der Waals surface area contributed by atoms with E-state index in [4.69, 9.17) is 4.89 Å². The molecule has 3 nitrogen and oxygen atoms in total. The molecule has 0 fully saturated rings. The summed E-state index contributed by atoms with van der Waals surface area (Å²) in [5.74, 6) is 7.32. The van der Waals surface area contributed by atoms with E-state index in [2.05, 4.69) is 48.2 Å². The smallest absolute Gasteiger partial charge is 0.420 e. The zero-order valence-electron chi connectivity index (χ0n) is 13.2. The van der Waals surface area contributed by atoms with Crippen LogP contribution in [0, 0.1) is 11.8 Å². The largest absolute Gasteiger partial charge is 0.442 e. The lowest BCUT2D eigenvalue weighted by Crippen LogP contribution is -2.01. The van der Waals surface area contributed by atoms with Crippen LogP contribution in [0.15, 0.2) is 51.4 Å². The van der Waals surface area contributed by atoms with Crippen molar-refractivity contribution in [3.8, 4) is 17.6 Å². The van der Waals surface area contributed by atoms with Gasteiger partial charge in [-0.3, -0.25) is 0 Å². The Labute approximate surface area is 171 Å². The van der Waals surface area contributed by atoms with E-state index >= 15 is 0 Å². The van der Waals surface area contributed by atoms with Crippen LogP contribution in [-0.4, -0.2) is 16.8 Å². The molecule has 26 heavy (non-hydrogen) atoms. The predicted molar refractivity (Wildman–Crippen MR) is 108 cm³/mol. The molecule has 1 unspecified atom stereocenters. The topological polar surface area (TPSA) is 46.5 Å². The van der Waals surface area contributed by atoms with Gasteiger partial charge in [-0.1, -0.05) is 33.8 Å². The minimum absolute atomic E-state index is 0.0973. The summed E-state index contributed by atoms with van der Waals surface area (Å²) in [5, 5.41) is 0. The van der Waals surface area contributed by atoms with Crippen molar-refractivity contribution in [1.29, 1.82) is 0 Å². The van der Waals surface area contributed by atoms with Crippen molar-refractivity contribution in [2.45, 2.75) is 11.9 Å². The van der Waals surface area contributed by atoms with Crippen molar-refractivity contribution in [3.63, 3.8) is 0 Å². The van der Waals surface area contributed by atoms with Crippen molar-refractivity contribution in [3.05, 3.63) is 62.5 Å². The predicted octanol–water partition coefficient (Wildman–Crippen LogP) is 6.28. The maximum absolute atomic E-state index is 12.4. The molecule has 9 heteroatoms. The molecule has 0 bridgehead atoms. The monoisotopic (exact) mass is 524 g/mol. The lowest BCUT2D eigenvalue weighted by molar-refractivity contribution is 0.188. The van der Waals surface area contributed by atoms with Crippen molar-refractivity contribution in [2.75, 3.05) is 5.75 Å². The Morgan fingerprint density at radius 3 is 2.50 bits per heavy atom. The van der Waals surface area contributed by atoms with E-state index in [1.54, 1.807) is 23.9 Å². The first kappa shape index (κ1) is 21.5. The second-order valence-corrected chi connectivity index (χ2v) is 9.46. The number of benzene rings is 2. The van der Waals surface area contributed by atoms with E-state index in [0.29, 0.717) is 16.0 Å². The highest BCUT2D eigenvalue weighted by molar-refractivity contribution is 9.10. The highest BCUT2D eigenvalue weighted by Gasteiger charge is 2.34. The normalized spacial score (nSPS) is 13.0. The van der Waals surface area contributed by atoms with Gasteiger partial charge in [0.25, 0.3) is 0 Å². The van der Waals surface area contributed by atoms with Gasteiger partial charge in [0.05, 0.1) is 10.2 Å². The fourth-order valence-corrected chi connectivity index (χ4v) is 3.89. The molecule has 0 spiro atoms. The molecule has 1 atom stereocenters. The van der Waals surface area contributed by atoms with Crippen molar-refractivity contribution < 1.29 is 22.8 Å². The van der Waals surface area contributed by atoms with Gasteiger partial charge in [-0.2, -0.15) is 8.78 Å². The highest BCUT2D eigenvalue weighted by atomic mass is 79.9. The summed E-state index contributed by atoms with van der Waals surface area (Å²) in [7, 11) is -4.98. The lowest BCUT2D eigenvalue weighted by atomic mass is 10.2. The van der Waals surface area contributed by atoms with Crippen LogP contribution in [0.2, 0.25) is 0 Å². The second-order valence-electron chi connectivity index (χ2n) is 5.00. The third-order valence-electron chi connectivity index (χ3n) is 2.99. The molecule has 0 amide bonds. The molecular formula is C17H13Br2F2O3PS. The summed E-state index contributed by atoms with van der Waals surface area (Å²) in [6, 6.07) is 12.4. The highest BCUT2D eigenvalue weighted by Crippen LogP contribution is 2.50. The molecule has 2 rings (SSSR count). The first-order chi connectivity index (χ1) is 12.3. The Morgan fingerprint density at radius 2 is 1.88 bits per heavy atom. The number of rotatable bonds is 6. The van der Waals surface area contributed by atoms with Crippen LogP contribution in [0.25, 0.3) is 0 Å². The summed E-state index contributed by atoms with van der Waals surface area (Å²) >= 11 is 8.12. The SMILES string of the molecule is O=P(O)(Oc1ccc(CSCC#Cc2ccc(Br)cc2)cc1Br)C(F)F. The Kier molecular flexibility index (Phi) is 8.18. The van der Waals surface area contributed by atoms with Crippen LogP contribution in [-0.2, 0) is 10.3 Å². The molecule has 0 heterocycles. The maximum Gasteiger partial charge on any atom is 0.442 e. The van der Waals surface area contributed by atoms with Crippen molar-refractivity contribution in [1.82, 2.24) is 0 Å². The van der Waals surface area contributed by atoms with E-state index in [1.807, 2.05) is 24.3 Å². The summed E-state index contributed by atoms with van der Waals surface area (Å²) in [5.41, 5.74) is 1.84. The van der Waals surface area contributed by atoms with Gasteiger partial charge in [0.2, 0.25) is 0 Å². The van der Waals surface area contributed by atoms with Crippen LogP contribution >= 0.6 is 51.2 Å². The molecule has 0 aliphatic carbocycles. The molecular weight excluding hydrogens is 513 g/mol. The van der Waals surface area contributed by atoms with Gasteiger partial charge in [0, 0.05) is 15.8 Å². The van der Waals surface area contributed by atoms with E-state index in [9.17, 15) is 13.3 Å². The average Bonchev–Trinajstić information content (AvgIpc) is 2.58. The summed E-state index contributed by atoms with van der Waals surface area (Å²) < 4.78 is 41.9.